The zero-order chi connectivity index (χ0) is 30.9. The predicted molar refractivity (Wildman–Crippen MR) is 191 cm³/mol. The molecule has 44 heavy (non-hydrogen) atoms. The molecule has 0 aromatic heterocycles. The van der Waals surface area contributed by atoms with Crippen LogP contribution in [0.1, 0.15) is 65.6 Å². The van der Waals surface area contributed by atoms with E-state index in [1.807, 2.05) is 0 Å². The Kier molecular flexibility index (Phi) is 10.6. The molecule has 0 spiro atoms. The molecule has 1 unspecified atom stereocenters. The maximum absolute atomic E-state index is 6.72. The van der Waals surface area contributed by atoms with E-state index in [0.717, 1.165) is 31.7 Å². The monoisotopic (exact) mass is 599 g/mol. The number of benzene rings is 5. The third-order valence-electron chi connectivity index (χ3n) is 8.76. The Balaban J connectivity index is 1.58. The minimum absolute atomic E-state index is 0.0468. The highest BCUT2D eigenvalue weighted by Gasteiger charge is 2.34. The summed E-state index contributed by atoms with van der Waals surface area (Å²) in [6, 6.07) is 43.8. The van der Waals surface area contributed by atoms with Gasteiger partial charge in [-0.3, -0.25) is 0 Å². The van der Waals surface area contributed by atoms with Crippen molar-refractivity contribution in [2.24, 2.45) is 0 Å². The lowest BCUT2D eigenvalue weighted by Crippen LogP contribution is -2.30. The summed E-state index contributed by atoms with van der Waals surface area (Å²) in [4.78, 5) is 2.57. The molecule has 5 aromatic rings. The van der Waals surface area contributed by atoms with Gasteiger partial charge in [-0.15, -0.1) is 0 Å². The van der Waals surface area contributed by atoms with Crippen molar-refractivity contribution in [2.45, 2.75) is 72.3 Å². The van der Waals surface area contributed by atoms with E-state index in [0.29, 0.717) is 15.2 Å². The van der Waals surface area contributed by atoms with E-state index >= 15 is 0 Å². The van der Waals surface area contributed by atoms with Crippen LogP contribution in [-0.4, -0.2) is 0 Å². The van der Waals surface area contributed by atoms with Crippen molar-refractivity contribution in [2.75, 3.05) is 4.90 Å². The fourth-order valence-corrected chi connectivity index (χ4v) is 8.06. The summed E-state index contributed by atoms with van der Waals surface area (Å²) in [5.74, 6) is 1.05. The highest BCUT2D eigenvalue weighted by molar-refractivity contribution is 7.49. The molecular weight excluding hydrogens is 553 g/mol. The van der Waals surface area contributed by atoms with Crippen LogP contribution in [0.4, 0.5) is 5.69 Å². The van der Waals surface area contributed by atoms with Crippen molar-refractivity contribution in [1.82, 2.24) is 0 Å². The van der Waals surface area contributed by atoms with Crippen LogP contribution >= 0.6 is 8.58 Å². The van der Waals surface area contributed by atoms with Gasteiger partial charge in [-0.25, -0.2) is 0 Å². The molecule has 5 aromatic carbocycles. The zero-order valence-corrected chi connectivity index (χ0v) is 27.9. The van der Waals surface area contributed by atoms with Gasteiger partial charge >= 0.3 is 0 Å². The van der Waals surface area contributed by atoms with Gasteiger partial charge in [-0.05, 0) is 72.8 Å². The SMILES string of the molecule is CCC(CC)(Pc1c(C)cccc1N(Cc1ccccc1)Cc1ccccc1)c1cc(C)cc(C)c1OCc1ccccc1. The average molecular weight is 600 g/mol. The van der Waals surface area contributed by atoms with Gasteiger partial charge in [-0.2, -0.15) is 0 Å². The second-order valence-corrected chi connectivity index (χ2v) is 13.7. The summed E-state index contributed by atoms with van der Waals surface area (Å²) in [7, 11) is 0.594. The van der Waals surface area contributed by atoms with Crippen LogP contribution < -0.4 is 14.9 Å². The number of rotatable bonds is 13. The summed E-state index contributed by atoms with van der Waals surface area (Å²) in [6.07, 6.45) is 2.08. The summed E-state index contributed by atoms with van der Waals surface area (Å²) in [5.41, 5.74) is 10.4. The van der Waals surface area contributed by atoms with Crippen molar-refractivity contribution in [3.8, 4) is 5.75 Å². The van der Waals surface area contributed by atoms with E-state index in [1.165, 1.54) is 49.9 Å². The predicted octanol–water partition coefficient (Wildman–Crippen LogP) is 10.4. The molecule has 0 saturated heterocycles. The molecule has 0 aliphatic rings. The van der Waals surface area contributed by atoms with Crippen molar-refractivity contribution >= 4 is 19.6 Å². The molecule has 0 aliphatic carbocycles. The Morgan fingerprint density at radius 3 is 1.70 bits per heavy atom. The maximum atomic E-state index is 6.72. The second-order valence-electron chi connectivity index (χ2n) is 11.9. The smallest absolute Gasteiger partial charge is 0.126 e. The van der Waals surface area contributed by atoms with Crippen LogP contribution in [0, 0.1) is 20.8 Å². The van der Waals surface area contributed by atoms with E-state index in [-0.39, 0.29) is 5.16 Å². The highest BCUT2D eigenvalue weighted by atomic mass is 31.1. The highest BCUT2D eigenvalue weighted by Crippen LogP contribution is 2.52. The number of hydrogen-bond acceptors (Lipinski definition) is 2. The number of aryl methyl sites for hydroxylation is 3. The van der Waals surface area contributed by atoms with Crippen LogP contribution in [0.15, 0.2) is 121 Å². The van der Waals surface area contributed by atoms with Gasteiger partial charge in [0.1, 0.15) is 12.4 Å². The van der Waals surface area contributed by atoms with Crippen LogP contribution in [0.5, 0.6) is 5.75 Å². The Morgan fingerprint density at radius 1 is 0.614 bits per heavy atom. The van der Waals surface area contributed by atoms with Crippen LogP contribution in [0.25, 0.3) is 0 Å². The average Bonchev–Trinajstić information content (AvgIpc) is 3.05. The normalized spacial score (nSPS) is 11.7. The van der Waals surface area contributed by atoms with Crippen LogP contribution in [-0.2, 0) is 24.9 Å². The van der Waals surface area contributed by atoms with Crippen LogP contribution in [0.3, 0.4) is 0 Å². The number of anilines is 1. The molecule has 0 N–H and O–H groups in total. The zero-order valence-electron chi connectivity index (χ0n) is 26.9. The molecule has 1 atom stereocenters. The van der Waals surface area contributed by atoms with Crippen molar-refractivity contribution in [3.05, 3.63) is 160 Å². The lowest BCUT2D eigenvalue weighted by molar-refractivity contribution is 0.296. The lowest BCUT2D eigenvalue weighted by atomic mass is 9.89. The molecule has 0 amide bonds. The first-order valence-corrected chi connectivity index (χ1v) is 16.9. The first-order chi connectivity index (χ1) is 21.4. The van der Waals surface area contributed by atoms with Gasteiger partial charge in [0.25, 0.3) is 0 Å². The molecule has 3 heteroatoms. The molecule has 0 fully saturated rings. The Bertz CT molecular complexity index is 1590. The summed E-state index contributed by atoms with van der Waals surface area (Å²) < 4.78 is 6.72. The van der Waals surface area contributed by atoms with Crippen LogP contribution in [0.2, 0.25) is 0 Å². The molecule has 0 radical (unpaired) electrons. The molecule has 0 saturated carbocycles. The van der Waals surface area contributed by atoms with Crippen molar-refractivity contribution in [1.29, 1.82) is 0 Å². The fourth-order valence-electron chi connectivity index (χ4n) is 6.26. The molecule has 0 aliphatic heterocycles. The third-order valence-corrected chi connectivity index (χ3v) is 11.1. The van der Waals surface area contributed by atoms with E-state index < -0.39 is 0 Å². The molecule has 2 nitrogen and oxygen atoms in total. The summed E-state index contributed by atoms with van der Waals surface area (Å²) >= 11 is 0. The van der Waals surface area contributed by atoms with Gasteiger partial charge in [-0.1, -0.05) is 143 Å². The number of nitrogens with zero attached hydrogens (tertiary/aromatic N) is 1. The summed E-state index contributed by atoms with van der Waals surface area (Å²) in [5, 5.41) is 1.41. The van der Waals surface area contributed by atoms with E-state index in [2.05, 4.69) is 161 Å². The van der Waals surface area contributed by atoms with E-state index in [4.69, 9.17) is 4.74 Å². The third kappa shape index (κ3) is 7.43. The fraction of sp³-hybridized carbons (Fsp3) is 0.268. The van der Waals surface area contributed by atoms with E-state index in [9.17, 15) is 0 Å². The van der Waals surface area contributed by atoms with Gasteiger partial charge in [0.05, 0.1) is 0 Å². The number of ether oxygens (including phenoxy) is 1. The second kappa shape index (κ2) is 14.7. The summed E-state index contributed by atoms with van der Waals surface area (Å²) in [6.45, 7) is 13.7. The quantitative estimate of drug-likeness (QED) is 0.125. The Morgan fingerprint density at radius 2 is 1.16 bits per heavy atom. The van der Waals surface area contributed by atoms with E-state index in [1.54, 1.807) is 0 Å². The van der Waals surface area contributed by atoms with Gasteiger partial charge in [0, 0.05) is 29.5 Å². The van der Waals surface area contributed by atoms with Gasteiger partial charge in [0.2, 0.25) is 0 Å². The van der Waals surface area contributed by atoms with Gasteiger partial charge in [0.15, 0.2) is 0 Å². The lowest BCUT2D eigenvalue weighted by Gasteiger charge is -2.37. The minimum Gasteiger partial charge on any atom is -0.488 e. The molecule has 0 heterocycles. The maximum Gasteiger partial charge on any atom is 0.126 e. The Hall–Kier alpha value is -3.87. The topological polar surface area (TPSA) is 12.5 Å². The Labute approximate surface area is 266 Å². The molecule has 0 bridgehead atoms. The largest absolute Gasteiger partial charge is 0.488 e. The van der Waals surface area contributed by atoms with Crippen molar-refractivity contribution in [3.63, 3.8) is 0 Å². The minimum atomic E-state index is -0.0468. The first kappa shape index (κ1) is 31.6. The van der Waals surface area contributed by atoms with Gasteiger partial charge < -0.3 is 9.64 Å². The molecule has 5 rings (SSSR count). The standard InChI is InChI=1S/C41H46NOP/c1-6-41(7-2,37-27-31(3)26-33(5)39(37)43-30-36-23-15-10-16-24-36)44-40-32(4)18-17-25-38(40)42(28-34-19-11-8-12-20-34)29-35-21-13-9-14-22-35/h8-27,44H,6-7,28-30H2,1-5H3. The number of hydrogen-bond donors (Lipinski definition) is 0. The first-order valence-electron chi connectivity index (χ1n) is 15.9. The van der Waals surface area contributed by atoms with Crippen molar-refractivity contribution < 1.29 is 4.74 Å². The molecular formula is C41H46NOP. The molecule has 226 valence electrons.